The van der Waals surface area contributed by atoms with Gasteiger partial charge < -0.3 is 4.90 Å². The zero-order chi connectivity index (χ0) is 14.8. The van der Waals surface area contributed by atoms with E-state index in [1.165, 1.54) is 6.42 Å². The second-order valence-corrected chi connectivity index (χ2v) is 5.32. The van der Waals surface area contributed by atoms with Crippen molar-refractivity contribution < 1.29 is 4.79 Å². The van der Waals surface area contributed by atoms with Crippen molar-refractivity contribution in [3.05, 3.63) is 35.9 Å². The molecule has 1 fully saturated rings. The highest BCUT2D eigenvalue weighted by molar-refractivity contribution is 6.06. The normalized spacial score (nSPS) is 14.8. The van der Waals surface area contributed by atoms with E-state index in [1.54, 1.807) is 29.6 Å². The highest BCUT2D eigenvalue weighted by atomic mass is 16.2. The number of anilines is 1. The van der Waals surface area contributed by atoms with Gasteiger partial charge in [0.2, 0.25) is 0 Å². The van der Waals surface area contributed by atoms with Crippen LogP contribution in [0, 0.1) is 6.92 Å². The fourth-order valence-electron chi connectivity index (χ4n) is 2.66. The minimum atomic E-state index is -0.0337. The van der Waals surface area contributed by atoms with E-state index in [2.05, 4.69) is 15.3 Å². The molecule has 0 saturated heterocycles. The Labute approximate surface area is 123 Å². The summed E-state index contributed by atoms with van der Waals surface area (Å²) in [6.45, 7) is 4.50. The Morgan fingerprint density at radius 3 is 2.76 bits per heavy atom. The molecular formula is C15H19N5O. The predicted molar refractivity (Wildman–Crippen MR) is 79.2 cm³/mol. The van der Waals surface area contributed by atoms with E-state index in [0.29, 0.717) is 18.2 Å². The third kappa shape index (κ3) is 2.41. The third-order valence-electron chi connectivity index (χ3n) is 4.14. The first-order chi connectivity index (χ1) is 10.2. The summed E-state index contributed by atoms with van der Waals surface area (Å²) in [5.41, 5.74) is 2.37. The smallest absolute Gasteiger partial charge is 0.261 e. The fraction of sp³-hybridized carbons (Fsp3) is 0.467. The van der Waals surface area contributed by atoms with Crippen LogP contribution in [0.3, 0.4) is 0 Å². The van der Waals surface area contributed by atoms with Gasteiger partial charge in [-0.25, -0.2) is 0 Å². The van der Waals surface area contributed by atoms with Crippen LogP contribution in [0.15, 0.2) is 24.7 Å². The molecular weight excluding hydrogens is 266 g/mol. The van der Waals surface area contributed by atoms with Crippen LogP contribution < -0.4 is 4.90 Å². The van der Waals surface area contributed by atoms with Gasteiger partial charge in [0, 0.05) is 12.2 Å². The van der Waals surface area contributed by atoms with Crippen molar-refractivity contribution in [1.29, 1.82) is 0 Å². The summed E-state index contributed by atoms with van der Waals surface area (Å²) in [4.78, 5) is 14.5. The molecule has 3 rings (SSSR count). The number of amides is 1. The average Bonchev–Trinajstić information content (AvgIpc) is 2.81. The first-order valence-electron chi connectivity index (χ1n) is 7.35. The Balaban J connectivity index is 1.88. The molecule has 2 aromatic heterocycles. The maximum Gasteiger partial charge on any atom is 0.261 e. The van der Waals surface area contributed by atoms with E-state index in [4.69, 9.17) is 0 Å². The highest BCUT2D eigenvalue weighted by Gasteiger charge is 2.26. The number of hydrogen-bond donors (Lipinski definition) is 0. The van der Waals surface area contributed by atoms with E-state index in [-0.39, 0.29) is 5.91 Å². The molecule has 2 aromatic rings. The van der Waals surface area contributed by atoms with Gasteiger partial charge in [0.15, 0.2) is 0 Å². The van der Waals surface area contributed by atoms with Gasteiger partial charge in [-0.15, -0.1) is 0 Å². The Hall–Kier alpha value is -2.24. The lowest BCUT2D eigenvalue weighted by Gasteiger charge is -2.27. The van der Waals surface area contributed by atoms with Gasteiger partial charge in [-0.05, 0) is 39.2 Å². The van der Waals surface area contributed by atoms with Gasteiger partial charge in [-0.3, -0.25) is 9.48 Å². The molecule has 0 spiro atoms. The molecule has 110 valence electrons. The fourth-order valence-corrected chi connectivity index (χ4v) is 2.66. The lowest BCUT2D eigenvalue weighted by Crippen LogP contribution is -2.31. The molecule has 21 heavy (non-hydrogen) atoms. The van der Waals surface area contributed by atoms with Crippen molar-refractivity contribution in [1.82, 2.24) is 20.0 Å². The largest absolute Gasteiger partial charge is 0.307 e. The number of hydrogen-bond acceptors (Lipinski definition) is 4. The standard InChI is InChI=1S/C15H19N5O/c1-3-19(13-7-8-16-17-9-13)15(21)14-10-18-20(11(14)2)12-5-4-6-12/h7-10,12H,3-6H2,1-2H3. The van der Waals surface area contributed by atoms with Gasteiger partial charge in [0.1, 0.15) is 0 Å². The molecule has 0 aromatic carbocycles. The minimum Gasteiger partial charge on any atom is -0.307 e. The molecule has 0 radical (unpaired) electrons. The lowest BCUT2D eigenvalue weighted by atomic mass is 9.93. The molecule has 6 nitrogen and oxygen atoms in total. The van der Waals surface area contributed by atoms with E-state index in [1.807, 2.05) is 18.5 Å². The zero-order valence-electron chi connectivity index (χ0n) is 12.4. The summed E-state index contributed by atoms with van der Waals surface area (Å²) >= 11 is 0. The molecule has 1 amide bonds. The molecule has 1 aliphatic rings. The van der Waals surface area contributed by atoms with E-state index in [9.17, 15) is 4.79 Å². The lowest BCUT2D eigenvalue weighted by molar-refractivity contribution is 0.0987. The van der Waals surface area contributed by atoms with Crippen molar-refractivity contribution in [3.63, 3.8) is 0 Å². The Bertz CT molecular complexity index is 633. The number of carbonyl (C=O) groups excluding carboxylic acids is 1. The average molecular weight is 285 g/mol. The van der Waals surface area contributed by atoms with Gasteiger partial charge in [0.05, 0.1) is 35.9 Å². The molecule has 0 aliphatic heterocycles. The Kier molecular flexibility index (Phi) is 3.68. The molecule has 1 aliphatic carbocycles. The predicted octanol–water partition coefficient (Wildman–Crippen LogP) is 2.37. The number of nitrogens with zero attached hydrogens (tertiary/aromatic N) is 5. The van der Waals surface area contributed by atoms with Crippen LogP contribution in [0.2, 0.25) is 0 Å². The monoisotopic (exact) mass is 285 g/mol. The third-order valence-corrected chi connectivity index (χ3v) is 4.14. The molecule has 0 bridgehead atoms. The Morgan fingerprint density at radius 1 is 1.38 bits per heavy atom. The first-order valence-corrected chi connectivity index (χ1v) is 7.35. The van der Waals surface area contributed by atoms with Crippen LogP contribution in [0.5, 0.6) is 0 Å². The van der Waals surface area contributed by atoms with E-state index < -0.39 is 0 Å². The van der Waals surface area contributed by atoms with E-state index >= 15 is 0 Å². The quantitative estimate of drug-likeness (QED) is 0.865. The van der Waals surface area contributed by atoms with Crippen LogP contribution in [0.25, 0.3) is 0 Å². The summed E-state index contributed by atoms with van der Waals surface area (Å²) in [6, 6.07) is 2.25. The molecule has 0 unspecified atom stereocenters. The van der Waals surface area contributed by atoms with Crippen LogP contribution in [0.1, 0.15) is 48.3 Å². The van der Waals surface area contributed by atoms with Gasteiger partial charge in [-0.1, -0.05) is 0 Å². The minimum absolute atomic E-state index is 0.0337. The summed E-state index contributed by atoms with van der Waals surface area (Å²) in [5.74, 6) is -0.0337. The maximum atomic E-state index is 12.8. The zero-order valence-corrected chi connectivity index (χ0v) is 12.4. The van der Waals surface area contributed by atoms with Crippen molar-refractivity contribution in [2.75, 3.05) is 11.4 Å². The van der Waals surface area contributed by atoms with Gasteiger partial charge in [0.25, 0.3) is 5.91 Å². The van der Waals surface area contributed by atoms with Gasteiger partial charge >= 0.3 is 0 Å². The van der Waals surface area contributed by atoms with Crippen LogP contribution in [-0.4, -0.2) is 32.4 Å². The maximum absolute atomic E-state index is 12.8. The number of carbonyl (C=O) groups is 1. The molecule has 0 atom stereocenters. The van der Waals surface area contributed by atoms with Crippen LogP contribution in [0.4, 0.5) is 5.69 Å². The van der Waals surface area contributed by atoms with Crippen LogP contribution in [-0.2, 0) is 0 Å². The molecule has 6 heteroatoms. The van der Waals surface area contributed by atoms with Crippen LogP contribution >= 0.6 is 0 Å². The molecule has 1 saturated carbocycles. The SMILES string of the molecule is CCN(C(=O)c1cnn(C2CCC2)c1C)c1ccnnc1. The second kappa shape index (κ2) is 5.63. The first kappa shape index (κ1) is 13.7. The number of rotatable bonds is 4. The second-order valence-electron chi connectivity index (χ2n) is 5.32. The molecule has 0 N–H and O–H groups in total. The van der Waals surface area contributed by atoms with Crippen molar-refractivity contribution in [3.8, 4) is 0 Å². The number of aromatic nitrogens is 4. The van der Waals surface area contributed by atoms with E-state index in [0.717, 1.165) is 24.2 Å². The topological polar surface area (TPSA) is 63.9 Å². The van der Waals surface area contributed by atoms with Crippen molar-refractivity contribution in [2.45, 2.75) is 39.2 Å². The van der Waals surface area contributed by atoms with Gasteiger partial charge in [-0.2, -0.15) is 15.3 Å². The summed E-state index contributed by atoms with van der Waals surface area (Å²) in [7, 11) is 0. The summed E-state index contributed by atoms with van der Waals surface area (Å²) in [5, 5.41) is 12.0. The van der Waals surface area contributed by atoms with Crippen molar-refractivity contribution >= 4 is 11.6 Å². The van der Waals surface area contributed by atoms with Crippen molar-refractivity contribution in [2.24, 2.45) is 0 Å². The summed E-state index contributed by atoms with van der Waals surface area (Å²) in [6.07, 6.45) is 8.44. The Morgan fingerprint density at radius 2 is 2.19 bits per heavy atom. The summed E-state index contributed by atoms with van der Waals surface area (Å²) < 4.78 is 2.00. The molecule has 2 heterocycles. The highest BCUT2D eigenvalue weighted by Crippen LogP contribution is 2.32.